The van der Waals surface area contributed by atoms with E-state index in [1.807, 2.05) is 50.2 Å². The van der Waals surface area contributed by atoms with Crippen LogP contribution in [0.4, 0.5) is 10.5 Å². The molecule has 0 fully saturated rings. The molecule has 104 valence electrons. The summed E-state index contributed by atoms with van der Waals surface area (Å²) in [6.45, 7) is 4.32. The van der Waals surface area contributed by atoms with Gasteiger partial charge in [0, 0.05) is 15.9 Å². The van der Waals surface area contributed by atoms with Gasteiger partial charge in [0.15, 0.2) is 0 Å². The van der Waals surface area contributed by atoms with Crippen LogP contribution in [0.5, 0.6) is 0 Å². The lowest BCUT2D eigenvalue weighted by atomic mass is 10.2. The molecule has 1 heterocycles. The van der Waals surface area contributed by atoms with Crippen LogP contribution < -0.4 is 10.6 Å². The average Bonchev–Trinajstić information content (AvgIpc) is 2.41. The van der Waals surface area contributed by atoms with Crippen LogP contribution >= 0.6 is 15.9 Å². The summed E-state index contributed by atoms with van der Waals surface area (Å²) >= 11 is 3.44. The number of amides is 2. The molecule has 0 radical (unpaired) electrons. The zero-order chi connectivity index (χ0) is 14.5. The molecule has 2 amide bonds. The minimum atomic E-state index is -0.246. The highest BCUT2D eigenvalue weighted by atomic mass is 79.9. The van der Waals surface area contributed by atoms with Crippen molar-refractivity contribution in [2.24, 2.45) is 0 Å². The lowest BCUT2D eigenvalue weighted by Gasteiger charge is -2.09. The van der Waals surface area contributed by atoms with Gasteiger partial charge in [0.2, 0.25) is 0 Å². The van der Waals surface area contributed by atoms with E-state index in [1.54, 1.807) is 0 Å². The Labute approximate surface area is 126 Å². The molecule has 1 aromatic carbocycles. The highest BCUT2D eigenvalue weighted by Crippen LogP contribution is 2.20. The van der Waals surface area contributed by atoms with Crippen LogP contribution in [-0.2, 0) is 6.54 Å². The number of halogens is 1. The number of carbonyl (C=O) groups excluding carboxylic acids is 1. The van der Waals surface area contributed by atoms with E-state index < -0.39 is 0 Å². The molecule has 0 aliphatic carbocycles. The van der Waals surface area contributed by atoms with Crippen LogP contribution in [0.25, 0.3) is 0 Å². The Bertz CT molecular complexity index is 628. The van der Waals surface area contributed by atoms with E-state index in [1.165, 1.54) is 0 Å². The molecule has 2 aromatic rings. The normalized spacial score (nSPS) is 10.2. The quantitative estimate of drug-likeness (QED) is 0.897. The largest absolute Gasteiger partial charge is 0.332 e. The van der Waals surface area contributed by atoms with E-state index in [-0.39, 0.29) is 6.03 Å². The Balaban J connectivity index is 1.91. The molecule has 1 aromatic heterocycles. The smallest absolute Gasteiger partial charge is 0.319 e. The fraction of sp³-hybridized carbons (Fsp3) is 0.200. The van der Waals surface area contributed by atoms with Crippen LogP contribution in [0.15, 0.2) is 40.9 Å². The van der Waals surface area contributed by atoms with Gasteiger partial charge in [-0.1, -0.05) is 28.1 Å². The Morgan fingerprint density at radius 3 is 2.75 bits per heavy atom. The summed E-state index contributed by atoms with van der Waals surface area (Å²) < 4.78 is 0.968. The van der Waals surface area contributed by atoms with E-state index in [4.69, 9.17) is 0 Å². The van der Waals surface area contributed by atoms with Crippen LogP contribution in [0.2, 0.25) is 0 Å². The van der Waals surface area contributed by atoms with Crippen molar-refractivity contribution in [3.63, 3.8) is 0 Å². The number of nitrogens with one attached hydrogen (secondary N) is 2. The number of anilines is 1. The third kappa shape index (κ3) is 4.06. The van der Waals surface area contributed by atoms with Gasteiger partial charge in [-0.15, -0.1) is 0 Å². The van der Waals surface area contributed by atoms with E-state index >= 15 is 0 Å². The van der Waals surface area contributed by atoms with Gasteiger partial charge in [-0.3, -0.25) is 4.98 Å². The molecule has 2 rings (SSSR count). The Kier molecular flexibility index (Phi) is 4.74. The number of aromatic nitrogens is 1. The van der Waals surface area contributed by atoms with E-state index in [2.05, 4.69) is 31.5 Å². The molecule has 0 spiro atoms. The standard InChI is InChI=1S/C15H16BrN3O/c1-10-6-7-12(8-14(10)16)19-15(20)17-9-13-5-3-4-11(2)18-13/h3-8H,9H2,1-2H3,(H2,17,19,20). The van der Waals surface area contributed by atoms with Gasteiger partial charge >= 0.3 is 6.03 Å². The number of rotatable bonds is 3. The van der Waals surface area contributed by atoms with Crippen LogP contribution in [0.1, 0.15) is 17.0 Å². The monoisotopic (exact) mass is 333 g/mol. The van der Waals surface area contributed by atoms with Crippen LogP contribution in [-0.4, -0.2) is 11.0 Å². The minimum Gasteiger partial charge on any atom is -0.332 e. The van der Waals surface area contributed by atoms with Gasteiger partial charge in [0.05, 0.1) is 12.2 Å². The van der Waals surface area contributed by atoms with E-state index in [9.17, 15) is 4.79 Å². The first-order valence-corrected chi connectivity index (χ1v) is 7.07. The van der Waals surface area contributed by atoms with Gasteiger partial charge in [-0.05, 0) is 43.7 Å². The summed E-state index contributed by atoms with van der Waals surface area (Å²) in [7, 11) is 0. The third-order valence-corrected chi connectivity index (χ3v) is 3.66. The predicted octanol–water partition coefficient (Wildman–Crippen LogP) is 3.78. The van der Waals surface area contributed by atoms with Crippen molar-refractivity contribution < 1.29 is 4.79 Å². The molecule has 0 saturated heterocycles. The lowest BCUT2D eigenvalue weighted by Crippen LogP contribution is -2.28. The number of aryl methyl sites for hydroxylation is 2. The summed E-state index contributed by atoms with van der Waals surface area (Å²) in [5.41, 5.74) is 3.65. The minimum absolute atomic E-state index is 0.246. The molecule has 2 N–H and O–H groups in total. The average molecular weight is 334 g/mol. The summed E-state index contributed by atoms with van der Waals surface area (Å²) in [5.74, 6) is 0. The maximum absolute atomic E-state index is 11.8. The van der Waals surface area contributed by atoms with Crippen molar-refractivity contribution in [2.45, 2.75) is 20.4 Å². The van der Waals surface area contributed by atoms with Crippen molar-refractivity contribution in [3.05, 3.63) is 57.8 Å². The highest BCUT2D eigenvalue weighted by Gasteiger charge is 2.04. The maximum atomic E-state index is 11.8. The molecule has 20 heavy (non-hydrogen) atoms. The van der Waals surface area contributed by atoms with Crippen LogP contribution in [0, 0.1) is 13.8 Å². The topological polar surface area (TPSA) is 54.0 Å². The van der Waals surface area contributed by atoms with Crippen molar-refractivity contribution in [1.29, 1.82) is 0 Å². The number of nitrogens with zero attached hydrogens (tertiary/aromatic N) is 1. The van der Waals surface area contributed by atoms with E-state index in [0.717, 1.165) is 27.1 Å². The van der Waals surface area contributed by atoms with Crippen molar-refractivity contribution in [3.8, 4) is 0 Å². The van der Waals surface area contributed by atoms with Crippen molar-refractivity contribution in [1.82, 2.24) is 10.3 Å². The number of urea groups is 1. The third-order valence-electron chi connectivity index (χ3n) is 2.81. The zero-order valence-electron chi connectivity index (χ0n) is 11.4. The number of carbonyl (C=O) groups is 1. The number of hydrogen-bond acceptors (Lipinski definition) is 2. The predicted molar refractivity (Wildman–Crippen MR) is 83.7 cm³/mol. The molecule has 0 unspecified atom stereocenters. The van der Waals surface area contributed by atoms with Gasteiger partial charge < -0.3 is 10.6 Å². The zero-order valence-corrected chi connectivity index (χ0v) is 13.0. The van der Waals surface area contributed by atoms with Gasteiger partial charge in [0.25, 0.3) is 0 Å². The van der Waals surface area contributed by atoms with Crippen molar-refractivity contribution >= 4 is 27.6 Å². The molecular weight excluding hydrogens is 318 g/mol. The Morgan fingerprint density at radius 2 is 2.05 bits per heavy atom. The first-order chi connectivity index (χ1) is 9.54. The molecule has 0 aliphatic heterocycles. The van der Waals surface area contributed by atoms with Gasteiger partial charge in [-0.2, -0.15) is 0 Å². The fourth-order valence-corrected chi connectivity index (χ4v) is 2.09. The molecular formula is C15H16BrN3O. The second-order valence-electron chi connectivity index (χ2n) is 4.54. The Hall–Kier alpha value is -1.88. The number of benzene rings is 1. The second-order valence-corrected chi connectivity index (χ2v) is 5.40. The van der Waals surface area contributed by atoms with Gasteiger partial charge in [-0.25, -0.2) is 4.79 Å². The molecule has 5 heteroatoms. The molecule has 0 atom stereocenters. The summed E-state index contributed by atoms with van der Waals surface area (Å²) in [4.78, 5) is 16.1. The fourth-order valence-electron chi connectivity index (χ4n) is 1.71. The Morgan fingerprint density at radius 1 is 1.25 bits per heavy atom. The van der Waals surface area contributed by atoms with Crippen molar-refractivity contribution in [2.75, 3.05) is 5.32 Å². The molecule has 0 aliphatic rings. The molecule has 0 bridgehead atoms. The number of hydrogen-bond donors (Lipinski definition) is 2. The van der Waals surface area contributed by atoms with Gasteiger partial charge in [0.1, 0.15) is 0 Å². The first-order valence-electron chi connectivity index (χ1n) is 6.28. The lowest BCUT2D eigenvalue weighted by molar-refractivity contribution is 0.251. The SMILES string of the molecule is Cc1cccc(CNC(=O)Nc2ccc(C)c(Br)c2)n1. The maximum Gasteiger partial charge on any atom is 0.319 e. The highest BCUT2D eigenvalue weighted by molar-refractivity contribution is 9.10. The van der Waals surface area contributed by atoms with Crippen LogP contribution in [0.3, 0.4) is 0 Å². The molecule has 4 nitrogen and oxygen atoms in total. The summed E-state index contributed by atoms with van der Waals surface area (Å²) in [6, 6.07) is 11.2. The van der Waals surface area contributed by atoms with E-state index in [0.29, 0.717) is 6.54 Å². The summed E-state index contributed by atoms with van der Waals surface area (Å²) in [5, 5.41) is 5.57. The summed E-state index contributed by atoms with van der Waals surface area (Å²) in [6.07, 6.45) is 0. The first kappa shape index (κ1) is 14.5. The number of pyridine rings is 1. The molecule has 0 saturated carbocycles. The second kappa shape index (κ2) is 6.52.